The van der Waals surface area contributed by atoms with E-state index in [1.54, 1.807) is 0 Å². The van der Waals surface area contributed by atoms with Gasteiger partial charge in [-0.15, -0.1) is 0 Å². The molecule has 0 saturated carbocycles. The summed E-state index contributed by atoms with van der Waals surface area (Å²) in [5.41, 5.74) is 0. The molecule has 132 valence electrons. The molecule has 0 spiro atoms. The highest BCUT2D eigenvalue weighted by Crippen LogP contribution is 2.15. The molecule has 0 aromatic carbocycles. The van der Waals surface area contributed by atoms with Gasteiger partial charge in [-0.25, -0.2) is 0 Å². The minimum absolute atomic E-state index is 0.138. The second-order valence-corrected chi connectivity index (χ2v) is 6.37. The number of unbranched alkanes of at least 4 members (excludes halogenated alkanes) is 9. The molecule has 0 unspecified atom stereocenters. The molecule has 0 amide bonds. The van der Waals surface area contributed by atoms with Gasteiger partial charge in [0, 0.05) is 5.97 Å². The van der Waals surface area contributed by atoms with Crippen molar-refractivity contribution in [3.8, 4) is 0 Å². The van der Waals surface area contributed by atoms with Crippen molar-refractivity contribution in [1.82, 2.24) is 0 Å². The molecule has 0 saturated heterocycles. The van der Waals surface area contributed by atoms with Crippen LogP contribution in [0, 0.1) is 0 Å². The van der Waals surface area contributed by atoms with Gasteiger partial charge in [-0.05, 0) is 25.7 Å². The Bertz CT molecular complexity index is 255. The lowest BCUT2D eigenvalue weighted by Gasteiger charge is -2.17. The van der Waals surface area contributed by atoms with Crippen molar-refractivity contribution in [3.63, 3.8) is 0 Å². The molecule has 0 aromatic heterocycles. The monoisotopic (exact) mass is 315 g/mol. The van der Waals surface area contributed by atoms with Gasteiger partial charge in [0.25, 0.3) is 0 Å². The van der Waals surface area contributed by atoms with E-state index < -0.39 is 18.2 Å². The summed E-state index contributed by atoms with van der Waals surface area (Å²) in [6, 6.07) is 0. The molecular formula is C18H35O4-. The summed E-state index contributed by atoms with van der Waals surface area (Å²) in [7, 11) is 0. The van der Waals surface area contributed by atoms with Gasteiger partial charge in [0.2, 0.25) is 0 Å². The van der Waals surface area contributed by atoms with Crippen molar-refractivity contribution in [2.45, 2.75) is 109 Å². The zero-order valence-corrected chi connectivity index (χ0v) is 14.3. The summed E-state index contributed by atoms with van der Waals surface area (Å²) in [6.45, 7) is 2.20. The van der Waals surface area contributed by atoms with Crippen LogP contribution in [-0.4, -0.2) is 28.4 Å². The van der Waals surface area contributed by atoms with Crippen LogP contribution in [0.25, 0.3) is 0 Å². The maximum Gasteiger partial charge on any atom is 0.0799 e. The summed E-state index contributed by atoms with van der Waals surface area (Å²) in [5.74, 6) is -0.978. The smallest absolute Gasteiger partial charge is 0.0799 e. The molecule has 4 nitrogen and oxygen atoms in total. The number of aliphatic carboxylic acids is 1. The van der Waals surface area contributed by atoms with Gasteiger partial charge in [0.1, 0.15) is 0 Å². The predicted octanol–water partition coefficient (Wildman–Crippen LogP) is 2.94. The number of hydrogen-bond donors (Lipinski definition) is 2. The van der Waals surface area contributed by atoms with E-state index in [-0.39, 0.29) is 6.42 Å². The van der Waals surface area contributed by atoms with Crippen LogP contribution in [0.4, 0.5) is 0 Å². The minimum atomic E-state index is -0.978. The predicted molar refractivity (Wildman–Crippen MR) is 87.3 cm³/mol. The van der Waals surface area contributed by atoms with Gasteiger partial charge in [-0.1, -0.05) is 71.1 Å². The third-order valence-corrected chi connectivity index (χ3v) is 4.18. The first-order chi connectivity index (χ1) is 10.6. The number of aliphatic hydroxyl groups excluding tert-OH is 2. The van der Waals surface area contributed by atoms with Gasteiger partial charge in [-0.2, -0.15) is 0 Å². The fraction of sp³-hybridized carbons (Fsp3) is 0.944. The number of hydrogen-bond acceptors (Lipinski definition) is 4. The first-order valence-corrected chi connectivity index (χ1v) is 9.14. The Kier molecular flexibility index (Phi) is 14.9. The molecule has 0 rings (SSSR count). The maximum absolute atomic E-state index is 10.2. The van der Waals surface area contributed by atoms with Crippen molar-refractivity contribution >= 4 is 5.97 Å². The van der Waals surface area contributed by atoms with Crippen LogP contribution in [0.3, 0.4) is 0 Å². The lowest BCUT2D eigenvalue weighted by molar-refractivity contribution is -0.305. The summed E-state index contributed by atoms with van der Waals surface area (Å²) >= 11 is 0. The standard InChI is InChI=1S/C18H36O4/c1-2-3-4-5-7-10-13-16(19)17(20)14-11-8-6-9-12-15-18(21)22/h16-17,19-20H,2-15H2,1H3,(H,21,22)/p-1/t16-,17-/m1/s1. The first-order valence-electron chi connectivity index (χ1n) is 9.14. The van der Waals surface area contributed by atoms with Crippen LogP contribution >= 0.6 is 0 Å². The third-order valence-electron chi connectivity index (χ3n) is 4.18. The van der Waals surface area contributed by atoms with Crippen LogP contribution in [0.15, 0.2) is 0 Å². The lowest BCUT2D eigenvalue weighted by Crippen LogP contribution is -2.25. The third kappa shape index (κ3) is 14.3. The van der Waals surface area contributed by atoms with Crippen LogP contribution in [0.5, 0.6) is 0 Å². The highest BCUT2D eigenvalue weighted by molar-refractivity contribution is 5.63. The molecule has 0 aliphatic rings. The SMILES string of the molecule is CCCCCCCC[C@@H](O)[C@H](O)CCCCCCCC(=O)[O-]. The second-order valence-electron chi connectivity index (χ2n) is 6.37. The Morgan fingerprint density at radius 1 is 0.773 bits per heavy atom. The number of carboxylic acid groups (broad SMARTS) is 1. The van der Waals surface area contributed by atoms with Crippen molar-refractivity contribution in [1.29, 1.82) is 0 Å². The number of rotatable bonds is 16. The number of carboxylic acids is 1. The molecular weight excluding hydrogens is 280 g/mol. The van der Waals surface area contributed by atoms with Crippen LogP contribution in [0.1, 0.15) is 96.8 Å². The van der Waals surface area contributed by atoms with E-state index in [1.165, 1.54) is 25.7 Å². The molecule has 2 atom stereocenters. The molecule has 0 bridgehead atoms. The zero-order chi connectivity index (χ0) is 16.6. The fourth-order valence-electron chi connectivity index (χ4n) is 2.67. The van der Waals surface area contributed by atoms with E-state index in [2.05, 4.69) is 6.92 Å². The van der Waals surface area contributed by atoms with Gasteiger partial charge < -0.3 is 20.1 Å². The molecule has 2 N–H and O–H groups in total. The second kappa shape index (κ2) is 15.3. The summed E-state index contributed by atoms with van der Waals surface area (Å²) in [5, 5.41) is 30.0. The van der Waals surface area contributed by atoms with Crippen molar-refractivity contribution in [2.75, 3.05) is 0 Å². The molecule has 0 heterocycles. The highest BCUT2D eigenvalue weighted by Gasteiger charge is 2.14. The van der Waals surface area contributed by atoms with Crippen molar-refractivity contribution in [3.05, 3.63) is 0 Å². The van der Waals surface area contributed by atoms with E-state index in [0.29, 0.717) is 19.3 Å². The van der Waals surface area contributed by atoms with E-state index in [4.69, 9.17) is 0 Å². The highest BCUT2D eigenvalue weighted by atomic mass is 16.4. The minimum Gasteiger partial charge on any atom is -0.550 e. The number of carbonyl (C=O) groups is 1. The fourth-order valence-corrected chi connectivity index (χ4v) is 2.67. The Labute approximate surface area is 135 Å². The Morgan fingerprint density at radius 2 is 1.18 bits per heavy atom. The topological polar surface area (TPSA) is 80.6 Å². The number of aliphatic hydroxyl groups is 2. The lowest BCUT2D eigenvalue weighted by atomic mass is 9.99. The summed E-state index contributed by atoms with van der Waals surface area (Å²) < 4.78 is 0. The molecule has 0 aliphatic carbocycles. The Hall–Kier alpha value is -0.610. The van der Waals surface area contributed by atoms with E-state index in [0.717, 1.165) is 38.5 Å². The average Bonchev–Trinajstić information content (AvgIpc) is 2.49. The van der Waals surface area contributed by atoms with E-state index >= 15 is 0 Å². The number of carbonyl (C=O) groups excluding carboxylic acids is 1. The quantitative estimate of drug-likeness (QED) is 0.429. The average molecular weight is 315 g/mol. The van der Waals surface area contributed by atoms with Crippen molar-refractivity contribution < 1.29 is 20.1 Å². The molecule has 0 fully saturated rings. The van der Waals surface area contributed by atoms with E-state index in [1.807, 2.05) is 0 Å². The molecule has 22 heavy (non-hydrogen) atoms. The van der Waals surface area contributed by atoms with Gasteiger partial charge >= 0.3 is 0 Å². The van der Waals surface area contributed by atoms with Gasteiger partial charge in [0.15, 0.2) is 0 Å². The van der Waals surface area contributed by atoms with Gasteiger partial charge in [0.05, 0.1) is 12.2 Å². The van der Waals surface area contributed by atoms with Crippen LogP contribution < -0.4 is 5.11 Å². The first kappa shape index (κ1) is 21.4. The van der Waals surface area contributed by atoms with Crippen LogP contribution in [-0.2, 0) is 4.79 Å². The largest absolute Gasteiger partial charge is 0.550 e. The van der Waals surface area contributed by atoms with Gasteiger partial charge in [-0.3, -0.25) is 0 Å². The molecule has 0 aromatic rings. The zero-order valence-electron chi connectivity index (χ0n) is 14.3. The van der Waals surface area contributed by atoms with Crippen molar-refractivity contribution in [2.24, 2.45) is 0 Å². The molecule has 4 heteroatoms. The van der Waals surface area contributed by atoms with Crippen LogP contribution in [0.2, 0.25) is 0 Å². The summed E-state index contributed by atoms with van der Waals surface area (Å²) in [6.07, 6.45) is 11.8. The Balaban J connectivity index is 3.38. The summed E-state index contributed by atoms with van der Waals surface area (Å²) in [4.78, 5) is 10.2. The molecule has 0 aliphatic heterocycles. The maximum atomic E-state index is 10.2. The normalized spacial score (nSPS) is 14.0. The Morgan fingerprint density at radius 3 is 1.64 bits per heavy atom. The van der Waals surface area contributed by atoms with E-state index in [9.17, 15) is 20.1 Å². The molecule has 0 radical (unpaired) electrons.